The SMILES string of the molecule is Cc1cc(C(C)(C)C)cc(N)c1C(C)(C)C. The van der Waals surface area contributed by atoms with Gasteiger partial charge in [0.25, 0.3) is 0 Å². The number of nitrogen functional groups attached to an aromatic ring is 1. The first-order chi connectivity index (χ1) is 7.03. The van der Waals surface area contributed by atoms with Crippen LogP contribution in [0.15, 0.2) is 12.1 Å². The molecule has 0 aliphatic rings. The van der Waals surface area contributed by atoms with Crippen LogP contribution < -0.4 is 5.73 Å². The van der Waals surface area contributed by atoms with Crippen LogP contribution in [0.5, 0.6) is 0 Å². The molecule has 2 N–H and O–H groups in total. The van der Waals surface area contributed by atoms with E-state index in [1.807, 2.05) is 0 Å². The van der Waals surface area contributed by atoms with Gasteiger partial charge in [-0.3, -0.25) is 0 Å². The number of hydrogen-bond acceptors (Lipinski definition) is 1. The highest BCUT2D eigenvalue weighted by Gasteiger charge is 2.22. The fraction of sp³-hybridized carbons (Fsp3) is 0.600. The van der Waals surface area contributed by atoms with Crippen molar-refractivity contribution in [3.63, 3.8) is 0 Å². The van der Waals surface area contributed by atoms with E-state index in [4.69, 9.17) is 5.73 Å². The summed E-state index contributed by atoms with van der Waals surface area (Å²) >= 11 is 0. The Bertz CT molecular complexity index is 366. The Kier molecular flexibility index (Phi) is 3.11. The molecule has 0 radical (unpaired) electrons. The van der Waals surface area contributed by atoms with Crippen LogP contribution in [-0.4, -0.2) is 0 Å². The lowest BCUT2D eigenvalue weighted by molar-refractivity contribution is 0.575. The third kappa shape index (κ3) is 2.58. The van der Waals surface area contributed by atoms with Crippen LogP contribution in [0.4, 0.5) is 5.69 Å². The second kappa shape index (κ2) is 3.80. The van der Waals surface area contributed by atoms with Gasteiger partial charge in [-0.25, -0.2) is 0 Å². The lowest BCUT2D eigenvalue weighted by Gasteiger charge is -2.27. The van der Waals surface area contributed by atoms with Crippen LogP contribution >= 0.6 is 0 Å². The third-order valence-electron chi connectivity index (χ3n) is 2.98. The van der Waals surface area contributed by atoms with Crippen molar-refractivity contribution in [1.82, 2.24) is 0 Å². The first kappa shape index (κ1) is 13.1. The molecule has 0 atom stereocenters. The Morgan fingerprint density at radius 2 is 1.38 bits per heavy atom. The minimum atomic E-state index is 0.116. The van der Waals surface area contributed by atoms with E-state index in [0.29, 0.717) is 0 Å². The molecule has 1 heteroatoms. The van der Waals surface area contributed by atoms with E-state index >= 15 is 0 Å². The van der Waals surface area contributed by atoms with Crippen molar-refractivity contribution in [2.45, 2.75) is 59.3 Å². The van der Waals surface area contributed by atoms with Crippen molar-refractivity contribution in [2.24, 2.45) is 0 Å². The molecule has 16 heavy (non-hydrogen) atoms. The highest BCUT2D eigenvalue weighted by atomic mass is 14.6. The Balaban J connectivity index is 3.41. The maximum atomic E-state index is 6.21. The number of anilines is 1. The Morgan fingerprint density at radius 1 is 0.875 bits per heavy atom. The molecule has 0 heterocycles. The van der Waals surface area contributed by atoms with Crippen LogP contribution in [0.1, 0.15) is 58.2 Å². The van der Waals surface area contributed by atoms with E-state index in [-0.39, 0.29) is 10.8 Å². The molecule has 0 aliphatic carbocycles. The summed E-state index contributed by atoms with van der Waals surface area (Å²) in [7, 11) is 0. The molecule has 0 fully saturated rings. The van der Waals surface area contributed by atoms with E-state index in [2.05, 4.69) is 60.6 Å². The monoisotopic (exact) mass is 219 g/mol. The molecule has 1 aromatic rings. The predicted octanol–water partition coefficient (Wildman–Crippen LogP) is 4.17. The van der Waals surface area contributed by atoms with E-state index in [0.717, 1.165) is 5.69 Å². The van der Waals surface area contributed by atoms with Crippen molar-refractivity contribution in [3.8, 4) is 0 Å². The molecule has 0 saturated carbocycles. The summed E-state index contributed by atoms with van der Waals surface area (Å²) in [5.41, 5.74) is 11.3. The Labute approximate surface area is 100 Å². The highest BCUT2D eigenvalue weighted by Crippen LogP contribution is 2.34. The van der Waals surface area contributed by atoms with Crippen LogP contribution in [0.2, 0.25) is 0 Å². The van der Waals surface area contributed by atoms with Gasteiger partial charge in [0.1, 0.15) is 0 Å². The third-order valence-corrected chi connectivity index (χ3v) is 2.98. The number of benzene rings is 1. The fourth-order valence-corrected chi connectivity index (χ4v) is 2.27. The van der Waals surface area contributed by atoms with Gasteiger partial charge in [0.15, 0.2) is 0 Å². The average molecular weight is 219 g/mol. The lowest BCUT2D eigenvalue weighted by Crippen LogP contribution is -2.19. The number of nitrogens with two attached hydrogens (primary N) is 1. The van der Waals surface area contributed by atoms with Gasteiger partial charge in [0, 0.05) is 5.69 Å². The number of aryl methyl sites for hydroxylation is 1. The predicted molar refractivity (Wildman–Crippen MR) is 73.0 cm³/mol. The standard InChI is InChI=1S/C15H25N/c1-10-8-11(14(2,3)4)9-12(16)13(10)15(5,6)7/h8-9H,16H2,1-7H3. The maximum absolute atomic E-state index is 6.21. The highest BCUT2D eigenvalue weighted by molar-refractivity contribution is 5.57. The normalized spacial score (nSPS) is 12.9. The average Bonchev–Trinajstić information content (AvgIpc) is 1.97. The molecule has 0 aliphatic heterocycles. The summed E-state index contributed by atoms with van der Waals surface area (Å²) in [4.78, 5) is 0. The van der Waals surface area contributed by atoms with Crippen molar-refractivity contribution >= 4 is 5.69 Å². The minimum absolute atomic E-state index is 0.116. The second-order valence-electron chi connectivity index (χ2n) is 6.76. The molecule has 0 saturated heterocycles. The molecule has 1 nitrogen and oxygen atoms in total. The fourth-order valence-electron chi connectivity index (χ4n) is 2.27. The van der Waals surface area contributed by atoms with Crippen LogP contribution in [0, 0.1) is 6.92 Å². The molecule has 0 spiro atoms. The van der Waals surface area contributed by atoms with Gasteiger partial charge in [-0.1, -0.05) is 47.6 Å². The quantitative estimate of drug-likeness (QED) is 0.651. The molecule has 0 bridgehead atoms. The molecule has 0 aromatic heterocycles. The van der Waals surface area contributed by atoms with E-state index in [1.165, 1.54) is 16.7 Å². The van der Waals surface area contributed by atoms with Gasteiger partial charge in [0.05, 0.1) is 0 Å². The smallest absolute Gasteiger partial charge is 0.0357 e. The van der Waals surface area contributed by atoms with Crippen LogP contribution in [-0.2, 0) is 10.8 Å². The summed E-state index contributed by atoms with van der Waals surface area (Å²) in [5.74, 6) is 0. The summed E-state index contributed by atoms with van der Waals surface area (Å²) in [6, 6.07) is 4.41. The molecule has 90 valence electrons. The zero-order valence-corrected chi connectivity index (χ0v) is 11.7. The van der Waals surface area contributed by atoms with Gasteiger partial charge in [-0.15, -0.1) is 0 Å². The van der Waals surface area contributed by atoms with E-state index in [1.54, 1.807) is 0 Å². The van der Waals surface area contributed by atoms with Crippen molar-refractivity contribution in [1.29, 1.82) is 0 Å². The summed E-state index contributed by atoms with van der Waals surface area (Å²) in [6.07, 6.45) is 0. The maximum Gasteiger partial charge on any atom is 0.0357 e. The van der Waals surface area contributed by atoms with Gasteiger partial charge < -0.3 is 5.73 Å². The lowest BCUT2D eigenvalue weighted by atomic mass is 9.78. The van der Waals surface area contributed by atoms with Gasteiger partial charge in [0.2, 0.25) is 0 Å². The first-order valence-corrected chi connectivity index (χ1v) is 5.94. The Hall–Kier alpha value is -0.980. The summed E-state index contributed by atoms with van der Waals surface area (Å²) < 4.78 is 0. The van der Waals surface area contributed by atoms with Crippen LogP contribution in [0.3, 0.4) is 0 Å². The largest absolute Gasteiger partial charge is 0.398 e. The van der Waals surface area contributed by atoms with Gasteiger partial charge in [-0.2, -0.15) is 0 Å². The number of rotatable bonds is 0. The topological polar surface area (TPSA) is 26.0 Å². The van der Waals surface area contributed by atoms with Gasteiger partial charge >= 0.3 is 0 Å². The molecule has 0 unspecified atom stereocenters. The first-order valence-electron chi connectivity index (χ1n) is 5.94. The molecular formula is C15H25N. The minimum Gasteiger partial charge on any atom is -0.398 e. The van der Waals surface area contributed by atoms with E-state index in [9.17, 15) is 0 Å². The van der Waals surface area contributed by atoms with Crippen LogP contribution in [0.25, 0.3) is 0 Å². The molecule has 1 aromatic carbocycles. The Morgan fingerprint density at radius 3 is 1.69 bits per heavy atom. The molecule has 0 amide bonds. The second-order valence-corrected chi connectivity index (χ2v) is 6.76. The number of hydrogen-bond donors (Lipinski definition) is 1. The zero-order valence-electron chi connectivity index (χ0n) is 11.7. The van der Waals surface area contributed by atoms with Crippen molar-refractivity contribution < 1.29 is 0 Å². The van der Waals surface area contributed by atoms with Crippen molar-refractivity contribution in [3.05, 3.63) is 28.8 Å². The zero-order chi connectivity index (χ0) is 12.7. The molecule has 1 rings (SSSR count). The summed E-state index contributed by atoms with van der Waals surface area (Å²) in [5, 5.41) is 0. The molecular weight excluding hydrogens is 194 g/mol. The van der Waals surface area contributed by atoms with E-state index < -0.39 is 0 Å². The van der Waals surface area contributed by atoms with Gasteiger partial charge in [-0.05, 0) is 40.5 Å². The summed E-state index contributed by atoms with van der Waals surface area (Å²) in [6.45, 7) is 15.5. The van der Waals surface area contributed by atoms with Crippen molar-refractivity contribution in [2.75, 3.05) is 5.73 Å².